The van der Waals surface area contributed by atoms with E-state index in [0.29, 0.717) is 11.7 Å². The molecule has 19 heavy (non-hydrogen) atoms. The second-order valence-electron chi connectivity index (χ2n) is 5.02. The third-order valence-corrected chi connectivity index (χ3v) is 3.82. The van der Waals surface area contributed by atoms with Crippen molar-refractivity contribution in [2.75, 3.05) is 5.73 Å². The quantitative estimate of drug-likeness (QED) is 0.670. The predicted octanol–water partition coefficient (Wildman–Crippen LogP) is 3.45. The number of rotatable bonds is 5. The number of aromatic nitrogens is 2. The number of anilines is 1. The van der Waals surface area contributed by atoms with Crippen molar-refractivity contribution in [3.8, 4) is 0 Å². The number of hydrogen-bond donors (Lipinski definition) is 1. The molecular weight excluding hydrogens is 258 g/mol. The van der Waals surface area contributed by atoms with Gasteiger partial charge in [0.2, 0.25) is 5.89 Å². The fraction of sp³-hybridized carbons (Fsp3) is 0.429. The molecule has 0 spiro atoms. The lowest BCUT2D eigenvalue weighted by Gasteiger charge is -2.04. The van der Waals surface area contributed by atoms with E-state index >= 15 is 0 Å². The van der Waals surface area contributed by atoms with Crippen LogP contribution in [-0.4, -0.2) is 10.1 Å². The first-order valence-corrected chi connectivity index (χ1v) is 7.33. The highest BCUT2D eigenvalue weighted by Crippen LogP contribution is 2.26. The van der Waals surface area contributed by atoms with Crippen LogP contribution in [0.4, 0.5) is 5.69 Å². The summed E-state index contributed by atoms with van der Waals surface area (Å²) in [5, 5.41) is 4.00. The summed E-state index contributed by atoms with van der Waals surface area (Å²) in [7, 11) is 0. The summed E-state index contributed by atoms with van der Waals surface area (Å²) in [5.74, 6) is 2.71. The normalized spacial score (nSPS) is 11.2. The minimum atomic E-state index is 0.528. The first kappa shape index (κ1) is 13.9. The monoisotopic (exact) mass is 277 g/mol. The average Bonchev–Trinajstić information content (AvgIpc) is 2.74. The Morgan fingerprint density at radius 2 is 2.16 bits per heavy atom. The highest BCUT2D eigenvalue weighted by molar-refractivity contribution is 7.98. The fourth-order valence-electron chi connectivity index (χ4n) is 1.76. The maximum Gasteiger partial charge on any atom is 0.226 e. The molecule has 2 rings (SSSR count). The topological polar surface area (TPSA) is 64.9 Å². The maximum absolute atomic E-state index is 5.74. The van der Waals surface area contributed by atoms with E-state index in [1.54, 1.807) is 11.8 Å². The number of hydrogen-bond acceptors (Lipinski definition) is 5. The van der Waals surface area contributed by atoms with Gasteiger partial charge in [-0.15, -0.1) is 11.8 Å². The molecule has 0 radical (unpaired) electrons. The van der Waals surface area contributed by atoms with Crippen molar-refractivity contribution in [2.24, 2.45) is 5.92 Å². The van der Waals surface area contributed by atoms with Crippen LogP contribution in [0, 0.1) is 12.8 Å². The van der Waals surface area contributed by atoms with Crippen molar-refractivity contribution in [3.05, 3.63) is 35.5 Å². The van der Waals surface area contributed by atoms with Crippen molar-refractivity contribution in [3.63, 3.8) is 0 Å². The van der Waals surface area contributed by atoms with Crippen molar-refractivity contribution in [1.29, 1.82) is 0 Å². The zero-order chi connectivity index (χ0) is 13.8. The van der Waals surface area contributed by atoms with E-state index in [2.05, 4.69) is 30.9 Å². The van der Waals surface area contributed by atoms with Crippen molar-refractivity contribution < 1.29 is 4.52 Å². The van der Waals surface area contributed by atoms with Crippen LogP contribution in [0.1, 0.15) is 31.1 Å². The molecule has 2 N–H and O–H groups in total. The lowest BCUT2D eigenvalue weighted by Crippen LogP contribution is -1.94. The second kappa shape index (κ2) is 6.10. The molecule has 5 heteroatoms. The molecule has 0 bridgehead atoms. The molecule has 0 amide bonds. The highest BCUT2D eigenvalue weighted by Gasteiger charge is 2.09. The maximum atomic E-state index is 5.74. The largest absolute Gasteiger partial charge is 0.399 e. The average molecular weight is 277 g/mol. The molecule has 0 aliphatic heterocycles. The summed E-state index contributed by atoms with van der Waals surface area (Å²) in [6.45, 7) is 6.33. The molecule has 0 atom stereocenters. The second-order valence-corrected chi connectivity index (χ2v) is 6.03. The molecule has 2 aromatic rings. The number of nitrogens with zero attached hydrogens (tertiary/aromatic N) is 2. The Bertz CT molecular complexity index is 551. The van der Waals surface area contributed by atoms with Crippen LogP contribution in [0.25, 0.3) is 0 Å². The van der Waals surface area contributed by atoms with Gasteiger partial charge >= 0.3 is 0 Å². The third kappa shape index (κ3) is 3.99. The Kier molecular flexibility index (Phi) is 4.47. The SMILES string of the molecule is Cc1cc(N)ccc1SCc1noc(CC(C)C)n1. The van der Waals surface area contributed by atoms with Crippen LogP contribution < -0.4 is 5.73 Å². The summed E-state index contributed by atoms with van der Waals surface area (Å²) in [6, 6.07) is 5.92. The number of aryl methyl sites for hydroxylation is 1. The van der Waals surface area contributed by atoms with Crippen molar-refractivity contribution in [2.45, 2.75) is 37.8 Å². The standard InChI is InChI=1S/C14H19N3OS/c1-9(2)6-14-16-13(17-18-14)8-19-12-5-4-11(15)7-10(12)3/h4-5,7,9H,6,8,15H2,1-3H3. The van der Waals surface area contributed by atoms with Gasteiger partial charge in [-0.05, 0) is 36.6 Å². The zero-order valence-corrected chi connectivity index (χ0v) is 12.3. The number of nitrogens with two attached hydrogens (primary N) is 1. The van der Waals surface area contributed by atoms with Gasteiger partial charge in [-0.2, -0.15) is 4.98 Å². The molecule has 0 aliphatic carbocycles. The lowest BCUT2D eigenvalue weighted by molar-refractivity contribution is 0.360. The van der Waals surface area contributed by atoms with Crippen LogP contribution in [-0.2, 0) is 12.2 Å². The van der Waals surface area contributed by atoms with Gasteiger partial charge in [-0.25, -0.2) is 0 Å². The van der Waals surface area contributed by atoms with Gasteiger partial charge in [0.05, 0.1) is 5.75 Å². The smallest absolute Gasteiger partial charge is 0.226 e. The van der Waals surface area contributed by atoms with E-state index in [0.717, 1.165) is 23.8 Å². The molecule has 4 nitrogen and oxygen atoms in total. The minimum absolute atomic E-state index is 0.528. The molecule has 102 valence electrons. The molecule has 0 saturated carbocycles. The Morgan fingerprint density at radius 3 is 2.84 bits per heavy atom. The Labute approximate surface area is 117 Å². The predicted molar refractivity (Wildman–Crippen MR) is 78.0 cm³/mol. The molecular formula is C14H19N3OS. The molecule has 1 heterocycles. The van der Waals surface area contributed by atoms with Gasteiger partial charge in [0, 0.05) is 17.0 Å². The van der Waals surface area contributed by atoms with Gasteiger partial charge in [0.1, 0.15) is 0 Å². The first-order valence-electron chi connectivity index (χ1n) is 6.35. The Balaban J connectivity index is 1.96. The lowest BCUT2D eigenvalue weighted by atomic mass is 10.1. The molecule has 0 aliphatic rings. The van der Waals surface area contributed by atoms with Gasteiger partial charge in [0.15, 0.2) is 5.82 Å². The van der Waals surface area contributed by atoms with Crippen LogP contribution in [0.2, 0.25) is 0 Å². The van der Waals surface area contributed by atoms with Crippen LogP contribution in [0.15, 0.2) is 27.6 Å². The number of nitrogen functional groups attached to an aromatic ring is 1. The van der Waals surface area contributed by atoms with E-state index in [1.165, 1.54) is 10.5 Å². The van der Waals surface area contributed by atoms with E-state index < -0.39 is 0 Å². The highest BCUT2D eigenvalue weighted by atomic mass is 32.2. The van der Waals surface area contributed by atoms with Gasteiger partial charge in [0.25, 0.3) is 0 Å². The zero-order valence-electron chi connectivity index (χ0n) is 11.5. The Morgan fingerprint density at radius 1 is 1.37 bits per heavy atom. The van der Waals surface area contributed by atoms with Crippen molar-refractivity contribution in [1.82, 2.24) is 10.1 Å². The fourth-order valence-corrected chi connectivity index (χ4v) is 2.61. The minimum Gasteiger partial charge on any atom is -0.399 e. The first-order chi connectivity index (χ1) is 9.04. The van der Waals surface area contributed by atoms with E-state index in [4.69, 9.17) is 10.3 Å². The number of benzene rings is 1. The van der Waals surface area contributed by atoms with E-state index in [1.807, 2.05) is 18.2 Å². The molecule has 1 aromatic heterocycles. The van der Waals surface area contributed by atoms with Crippen LogP contribution in [0.5, 0.6) is 0 Å². The molecule has 1 aromatic carbocycles. The summed E-state index contributed by atoms with van der Waals surface area (Å²) in [5.41, 5.74) is 7.70. The molecule has 0 unspecified atom stereocenters. The van der Waals surface area contributed by atoms with Crippen LogP contribution in [0.3, 0.4) is 0 Å². The summed E-state index contributed by atoms with van der Waals surface area (Å²) >= 11 is 1.70. The third-order valence-electron chi connectivity index (χ3n) is 2.65. The number of thioether (sulfide) groups is 1. The van der Waals surface area contributed by atoms with Gasteiger partial charge in [-0.1, -0.05) is 19.0 Å². The van der Waals surface area contributed by atoms with E-state index in [-0.39, 0.29) is 0 Å². The van der Waals surface area contributed by atoms with Crippen LogP contribution >= 0.6 is 11.8 Å². The molecule has 0 saturated heterocycles. The summed E-state index contributed by atoms with van der Waals surface area (Å²) in [6.07, 6.45) is 0.832. The van der Waals surface area contributed by atoms with Gasteiger partial charge in [-0.3, -0.25) is 0 Å². The summed E-state index contributed by atoms with van der Waals surface area (Å²) < 4.78 is 5.22. The van der Waals surface area contributed by atoms with Gasteiger partial charge < -0.3 is 10.3 Å². The Hall–Kier alpha value is -1.49. The van der Waals surface area contributed by atoms with E-state index in [9.17, 15) is 0 Å². The summed E-state index contributed by atoms with van der Waals surface area (Å²) in [4.78, 5) is 5.59. The van der Waals surface area contributed by atoms with Crippen molar-refractivity contribution >= 4 is 17.4 Å². The molecule has 0 fully saturated rings.